The Hall–Kier alpha value is -3.02. The summed E-state index contributed by atoms with van der Waals surface area (Å²) in [5.41, 5.74) is 0.763. The Labute approximate surface area is 156 Å². The highest BCUT2D eigenvalue weighted by atomic mass is 35.5. The first kappa shape index (κ1) is 17.8. The van der Waals surface area contributed by atoms with Crippen molar-refractivity contribution in [2.45, 2.75) is 13.8 Å². The number of allylic oxidation sites excluding steroid dienone is 1. The Morgan fingerprint density at radius 1 is 1.46 bits per heavy atom. The van der Waals surface area contributed by atoms with E-state index in [0.29, 0.717) is 15.8 Å². The summed E-state index contributed by atoms with van der Waals surface area (Å²) in [5, 5.41) is 21.0. The molecule has 3 rings (SSSR count). The molecule has 3 aromatic rings. The van der Waals surface area contributed by atoms with Crippen LogP contribution in [0.5, 0.6) is 0 Å². The van der Waals surface area contributed by atoms with Crippen LogP contribution in [0.4, 0.5) is 5.69 Å². The fourth-order valence-electron chi connectivity index (χ4n) is 2.46. The average molecular weight is 387 g/mol. The summed E-state index contributed by atoms with van der Waals surface area (Å²) in [7, 11) is 0. The fraction of sp³-hybridized carbons (Fsp3) is 0.118. The van der Waals surface area contributed by atoms with Gasteiger partial charge in [-0.25, -0.2) is 4.98 Å². The number of hydrogen-bond donors (Lipinski definition) is 1. The van der Waals surface area contributed by atoms with Crippen LogP contribution in [0.15, 0.2) is 23.0 Å². The number of hydrogen-bond acceptors (Lipinski definition) is 6. The number of aromatic nitrogens is 2. The van der Waals surface area contributed by atoms with Gasteiger partial charge in [-0.15, -0.1) is 11.3 Å². The summed E-state index contributed by atoms with van der Waals surface area (Å²) in [6.45, 7) is 3.74. The van der Waals surface area contributed by atoms with Gasteiger partial charge in [0.25, 0.3) is 11.2 Å². The number of nitro benzene ring substituents is 1. The van der Waals surface area contributed by atoms with Gasteiger partial charge in [0.2, 0.25) is 0 Å². The number of nitrogens with zero attached hydrogens (tertiary/aromatic N) is 3. The summed E-state index contributed by atoms with van der Waals surface area (Å²) in [5.74, 6) is 0.115. The molecule has 0 bridgehead atoms. The van der Waals surface area contributed by atoms with Crippen LogP contribution in [0.1, 0.15) is 21.8 Å². The van der Waals surface area contributed by atoms with Crippen LogP contribution in [-0.4, -0.2) is 14.9 Å². The highest BCUT2D eigenvalue weighted by molar-refractivity contribution is 7.18. The minimum absolute atomic E-state index is 0.00291. The van der Waals surface area contributed by atoms with Crippen molar-refractivity contribution in [3.8, 4) is 6.07 Å². The fourth-order valence-corrected chi connectivity index (χ4v) is 3.68. The molecule has 0 spiro atoms. The third-order valence-corrected chi connectivity index (χ3v) is 5.31. The summed E-state index contributed by atoms with van der Waals surface area (Å²) >= 11 is 7.17. The number of aryl methyl sites for hydroxylation is 2. The second-order valence-electron chi connectivity index (χ2n) is 5.52. The molecule has 0 saturated carbocycles. The van der Waals surface area contributed by atoms with E-state index in [1.165, 1.54) is 29.5 Å². The van der Waals surface area contributed by atoms with Gasteiger partial charge in [0.15, 0.2) is 5.82 Å². The van der Waals surface area contributed by atoms with Gasteiger partial charge in [0.1, 0.15) is 15.9 Å². The number of halogens is 1. The normalized spacial score (nSPS) is 11.5. The topological polar surface area (TPSA) is 113 Å². The molecule has 0 fully saturated rings. The number of nitro groups is 1. The molecule has 0 aliphatic heterocycles. The molecule has 0 amide bonds. The third kappa shape index (κ3) is 3.10. The van der Waals surface area contributed by atoms with E-state index in [1.54, 1.807) is 6.07 Å². The van der Waals surface area contributed by atoms with Gasteiger partial charge in [-0.1, -0.05) is 17.7 Å². The number of fused-ring (bicyclic) bond motifs is 1. The van der Waals surface area contributed by atoms with Gasteiger partial charge in [-0.2, -0.15) is 5.26 Å². The van der Waals surface area contributed by atoms with Gasteiger partial charge < -0.3 is 4.98 Å². The van der Waals surface area contributed by atoms with Crippen molar-refractivity contribution >= 4 is 50.5 Å². The lowest BCUT2D eigenvalue weighted by molar-refractivity contribution is -0.384. The second-order valence-corrected chi connectivity index (χ2v) is 7.13. The molecule has 0 saturated heterocycles. The predicted octanol–water partition coefficient (Wildman–Crippen LogP) is 4.23. The summed E-state index contributed by atoms with van der Waals surface area (Å²) in [6.07, 6.45) is 1.42. The number of thiophene rings is 1. The number of aromatic amines is 1. The molecule has 9 heteroatoms. The number of nitriles is 1. The van der Waals surface area contributed by atoms with Crippen molar-refractivity contribution in [3.05, 3.63) is 65.5 Å². The highest BCUT2D eigenvalue weighted by Gasteiger charge is 2.15. The van der Waals surface area contributed by atoms with E-state index in [-0.39, 0.29) is 27.7 Å². The smallest absolute Gasteiger partial charge is 0.288 e. The molecule has 0 aliphatic carbocycles. The third-order valence-electron chi connectivity index (χ3n) is 3.89. The first-order valence-electron chi connectivity index (χ1n) is 7.38. The lowest BCUT2D eigenvalue weighted by Gasteiger charge is -2.01. The molecule has 7 nitrogen and oxygen atoms in total. The highest BCUT2D eigenvalue weighted by Crippen LogP contribution is 2.28. The minimum atomic E-state index is -0.602. The van der Waals surface area contributed by atoms with Crippen LogP contribution in [-0.2, 0) is 0 Å². The Morgan fingerprint density at radius 3 is 2.85 bits per heavy atom. The maximum atomic E-state index is 12.4. The Morgan fingerprint density at radius 2 is 2.19 bits per heavy atom. The Kier molecular flexibility index (Phi) is 4.59. The monoisotopic (exact) mass is 386 g/mol. The van der Waals surface area contributed by atoms with Gasteiger partial charge in [0, 0.05) is 10.9 Å². The number of rotatable bonds is 3. The number of nitrogens with one attached hydrogen (secondary N) is 1. The van der Waals surface area contributed by atoms with Crippen LogP contribution in [0.25, 0.3) is 21.9 Å². The largest absolute Gasteiger partial charge is 0.305 e. The van der Waals surface area contributed by atoms with Crippen molar-refractivity contribution in [2.75, 3.05) is 0 Å². The maximum Gasteiger partial charge on any atom is 0.288 e. The summed E-state index contributed by atoms with van der Waals surface area (Å²) in [6, 6.07) is 6.16. The molecule has 130 valence electrons. The molecular formula is C17H11ClN4O3S. The van der Waals surface area contributed by atoms with E-state index < -0.39 is 4.92 Å². The van der Waals surface area contributed by atoms with Crippen molar-refractivity contribution in [1.29, 1.82) is 5.26 Å². The van der Waals surface area contributed by atoms with Crippen molar-refractivity contribution in [3.63, 3.8) is 0 Å². The van der Waals surface area contributed by atoms with Gasteiger partial charge in [-0.3, -0.25) is 14.9 Å². The van der Waals surface area contributed by atoms with Crippen LogP contribution in [0, 0.1) is 35.3 Å². The summed E-state index contributed by atoms with van der Waals surface area (Å²) < 4.78 is 0. The first-order chi connectivity index (χ1) is 12.3. The van der Waals surface area contributed by atoms with Crippen LogP contribution in [0.2, 0.25) is 5.02 Å². The zero-order valence-corrected chi connectivity index (χ0v) is 15.2. The average Bonchev–Trinajstić information content (AvgIpc) is 2.88. The van der Waals surface area contributed by atoms with E-state index in [2.05, 4.69) is 9.97 Å². The van der Waals surface area contributed by atoms with E-state index in [1.807, 2.05) is 19.9 Å². The van der Waals surface area contributed by atoms with E-state index in [9.17, 15) is 20.2 Å². The molecule has 26 heavy (non-hydrogen) atoms. The molecule has 0 aliphatic rings. The van der Waals surface area contributed by atoms with E-state index in [4.69, 9.17) is 11.6 Å². The van der Waals surface area contributed by atoms with Crippen LogP contribution < -0.4 is 5.56 Å². The molecular weight excluding hydrogens is 376 g/mol. The molecule has 0 atom stereocenters. The Balaban J connectivity index is 2.16. The molecule has 1 aromatic carbocycles. The molecule has 1 N–H and O–H groups in total. The van der Waals surface area contributed by atoms with Gasteiger partial charge in [0.05, 0.1) is 15.9 Å². The van der Waals surface area contributed by atoms with E-state index in [0.717, 1.165) is 10.4 Å². The Bertz CT molecular complexity index is 1190. The van der Waals surface area contributed by atoms with Crippen LogP contribution >= 0.6 is 22.9 Å². The lowest BCUT2D eigenvalue weighted by Crippen LogP contribution is -2.10. The predicted molar refractivity (Wildman–Crippen MR) is 101 cm³/mol. The number of H-pyrrole nitrogens is 1. The summed E-state index contributed by atoms with van der Waals surface area (Å²) in [4.78, 5) is 31.3. The van der Waals surface area contributed by atoms with Gasteiger partial charge >= 0.3 is 0 Å². The van der Waals surface area contributed by atoms with E-state index >= 15 is 0 Å². The molecule has 2 heterocycles. The quantitative estimate of drug-likeness (QED) is 0.411. The maximum absolute atomic E-state index is 12.4. The molecule has 0 radical (unpaired) electrons. The second kappa shape index (κ2) is 6.71. The van der Waals surface area contributed by atoms with Gasteiger partial charge in [-0.05, 0) is 37.1 Å². The molecule has 2 aromatic heterocycles. The SMILES string of the molecule is Cc1sc2nc(/C(C#N)=C\c3ccc(Cl)c([N+](=O)[O-])c3)[nH]c(=O)c2c1C. The van der Waals surface area contributed by atoms with Crippen molar-refractivity contribution in [1.82, 2.24) is 9.97 Å². The first-order valence-corrected chi connectivity index (χ1v) is 8.57. The van der Waals surface area contributed by atoms with Crippen molar-refractivity contribution < 1.29 is 4.92 Å². The lowest BCUT2D eigenvalue weighted by atomic mass is 10.1. The van der Waals surface area contributed by atoms with Crippen LogP contribution in [0.3, 0.4) is 0 Å². The zero-order valence-electron chi connectivity index (χ0n) is 13.7. The standard InChI is InChI=1S/C17H11ClN4O3S/c1-8-9(2)26-17-14(8)16(23)20-15(21-17)11(7-19)5-10-3-4-12(18)13(6-10)22(24)25/h3-6H,1-2H3,(H,20,21,23)/b11-5-. The zero-order chi connectivity index (χ0) is 19.0. The minimum Gasteiger partial charge on any atom is -0.305 e. The molecule has 0 unspecified atom stereocenters. The van der Waals surface area contributed by atoms with Crippen molar-refractivity contribution in [2.24, 2.45) is 0 Å². The number of benzene rings is 1.